The van der Waals surface area contributed by atoms with Crippen molar-refractivity contribution in [1.29, 1.82) is 0 Å². The molecule has 0 aliphatic rings. The van der Waals surface area contributed by atoms with Crippen molar-refractivity contribution >= 4 is 11.9 Å². The molecule has 0 radical (unpaired) electrons. The largest absolute Gasteiger partial charge is 0.416 e. The lowest BCUT2D eigenvalue weighted by atomic mass is 10.1. The van der Waals surface area contributed by atoms with Crippen LogP contribution in [0.4, 0.5) is 18.9 Å². The second-order valence-corrected chi connectivity index (χ2v) is 2.77. The third-order valence-corrected chi connectivity index (χ3v) is 1.75. The Morgan fingerprint density at radius 2 is 2.06 bits per heavy atom. The molecule has 0 aliphatic carbocycles. The smallest absolute Gasteiger partial charge is 0.411 e. The first-order valence-corrected chi connectivity index (χ1v) is 3.89. The third-order valence-electron chi connectivity index (χ3n) is 1.75. The van der Waals surface area contributed by atoms with Gasteiger partial charge in [-0.05, 0) is 12.1 Å². The van der Waals surface area contributed by atoms with E-state index in [0.717, 1.165) is 6.07 Å². The van der Waals surface area contributed by atoms with Gasteiger partial charge in [0.25, 0.3) is 5.69 Å². The second kappa shape index (κ2) is 4.17. The highest BCUT2D eigenvalue weighted by Crippen LogP contribution is 2.32. The van der Waals surface area contributed by atoms with Gasteiger partial charge >= 0.3 is 6.18 Å². The number of benzene rings is 1. The number of halogens is 3. The predicted octanol–water partition coefficient (Wildman–Crippen LogP) is 2.42. The first-order valence-electron chi connectivity index (χ1n) is 3.89. The molecule has 1 rings (SSSR count). The zero-order valence-electron chi connectivity index (χ0n) is 7.60. The van der Waals surface area contributed by atoms with Crippen LogP contribution in [0.5, 0.6) is 0 Å². The Morgan fingerprint density at radius 3 is 2.50 bits per heavy atom. The minimum absolute atomic E-state index is 0.208. The standard InChI is InChI=1S/C8H5F3N2O3/c9-8(10,11)6-2-1-5(4-12-14)7(3-6)13(15)16/h1-4,14H. The minimum Gasteiger partial charge on any atom is -0.411 e. The number of nitro groups is 1. The lowest BCUT2D eigenvalue weighted by Gasteiger charge is -2.06. The van der Waals surface area contributed by atoms with E-state index in [1.54, 1.807) is 0 Å². The van der Waals surface area contributed by atoms with Gasteiger partial charge in [0, 0.05) is 6.07 Å². The van der Waals surface area contributed by atoms with Crippen molar-refractivity contribution in [1.82, 2.24) is 0 Å². The molecule has 16 heavy (non-hydrogen) atoms. The van der Waals surface area contributed by atoms with Crippen LogP contribution in [0.15, 0.2) is 23.4 Å². The number of oxime groups is 1. The number of hydrogen-bond acceptors (Lipinski definition) is 4. The number of alkyl halides is 3. The van der Waals surface area contributed by atoms with Gasteiger partial charge in [0.15, 0.2) is 0 Å². The van der Waals surface area contributed by atoms with E-state index in [0.29, 0.717) is 18.3 Å². The molecule has 0 fully saturated rings. The van der Waals surface area contributed by atoms with E-state index in [-0.39, 0.29) is 5.56 Å². The van der Waals surface area contributed by atoms with Crippen LogP contribution in [-0.2, 0) is 6.18 Å². The number of hydrogen-bond donors (Lipinski definition) is 1. The molecule has 1 aromatic rings. The van der Waals surface area contributed by atoms with Crippen LogP contribution in [0.1, 0.15) is 11.1 Å². The topological polar surface area (TPSA) is 75.7 Å². The monoisotopic (exact) mass is 234 g/mol. The summed E-state index contributed by atoms with van der Waals surface area (Å²) < 4.78 is 36.7. The van der Waals surface area contributed by atoms with E-state index in [4.69, 9.17) is 5.21 Å². The number of nitro benzene ring substituents is 1. The second-order valence-electron chi connectivity index (χ2n) is 2.77. The van der Waals surface area contributed by atoms with Crippen LogP contribution in [-0.4, -0.2) is 16.3 Å². The van der Waals surface area contributed by atoms with Crippen LogP contribution in [0.2, 0.25) is 0 Å². The van der Waals surface area contributed by atoms with Gasteiger partial charge in [0.05, 0.1) is 22.3 Å². The van der Waals surface area contributed by atoms with Crippen molar-refractivity contribution in [3.63, 3.8) is 0 Å². The first-order chi connectivity index (χ1) is 7.36. The molecule has 0 saturated carbocycles. The summed E-state index contributed by atoms with van der Waals surface area (Å²) in [7, 11) is 0. The Bertz CT molecular complexity index is 443. The summed E-state index contributed by atoms with van der Waals surface area (Å²) in [6.45, 7) is 0. The fraction of sp³-hybridized carbons (Fsp3) is 0.125. The van der Waals surface area contributed by atoms with E-state index in [1.165, 1.54) is 0 Å². The maximum Gasteiger partial charge on any atom is 0.416 e. The molecule has 1 N–H and O–H groups in total. The SMILES string of the molecule is O=[N+]([O-])c1cc(C(F)(F)F)ccc1C=NO. The Labute approximate surface area is 87.0 Å². The first kappa shape index (κ1) is 12.0. The van der Waals surface area contributed by atoms with E-state index >= 15 is 0 Å². The van der Waals surface area contributed by atoms with Crippen molar-refractivity contribution in [2.24, 2.45) is 5.16 Å². The molecule has 0 atom stereocenters. The number of nitrogens with zero attached hydrogens (tertiary/aromatic N) is 2. The summed E-state index contributed by atoms with van der Waals surface area (Å²) in [5.41, 5.74) is -2.11. The average Bonchev–Trinajstić information content (AvgIpc) is 2.16. The van der Waals surface area contributed by atoms with Gasteiger partial charge in [0.1, 0.15) is 0 Å². The Hall–Kier alpha value is -2.12. The molecule has 86 valence electrons. The molecule has 8 heteroatoms. The minimum atomic E-state index is -4.65. The van der Waals surface area contributed by atoms with Gasteiger partial charge in [-0.25, -0.2) is 0 Å². The lowest BCUT2D eigenvalue weighted by Crippen LogP contribution is -2.06. The molecular weight excluding hydrogens is 229 g/mol. The quantitative estimate of drug-likeness (QED) is 0.369. The summed E-state index contributed by atoms with van der Waals surface area (Å²) in [5, 5.41) is 21.2. The van der Waals surface area contributed by atoms with Crippen molar-refractivity contribution in [3.05, 3.63) is 39.4 Å². The van der Waals surface area contributed by atoms with Crippen molar-refractivity contribution in [2.45, 2.75) is 6.18 Å². The fourth-order valence-electron chi connectivity index (χ4n) is 1.05. The maximum absolute atomic E-state index is 12.2. The van der Waals surface area contributed by atoms with E-state index < -0.39 is 22.4 Å². The van der Waals surface area contributed by atoms with Crippen molar-refractivity contribution < 1.29 is 23.3 Å². The molecule has 0 bridgehead atoms. The van der Waals surface area contributed by atoms with Gasteiger partial charge < -0.3 is 5.21 Å². The molecule has 1 aromatic carbocycles. The molecule has 0 unspecified atom stereocenters. The molecule has 0 aliphatic heterocycles. The molecule has 0 saturated heterocycles. The molecule has 0 spiro atoms. The van der Waals surface area contributed by atoms with Gasteiger partial charge in [-0.15, -0.1) is 0 Å². The molecule has 0 amide bonds. The van der Waals surface area contributed by atoms with E-state index in [2.05, 4.69) is 5.16 Å². The molecule has 0 aromatic heterocycles. The van der Waals surface area contributed by atoms with Crippen LogP contribution in [0, 0.1) is 10.1 Å². The summed E-state index contributed by atoms with van der Waals surface area (Å²) in [5.74, 6) is 0. The third kappa shape index (κ3) is 2.47. The summed E-state index contributed by atoms with van der Waals surface area (Å²) >= 11 is 0. The highest BCUT2D eigenvalue weighted by atomic mass is 19.4. The summed E-state index contributed by atoms with van der Waals surface area (Å²) in [4.78, 5) is 9.49. The van der Waals surface area contributed by atoms with Crippen LogP contribution in [0.25, 0.3) is 0 Å². The summed E-state index contributed by atoms with van der Waals surface area (Å²) in [6, 6.07) is 1.92. The lowest BCUT2D eigenvalue weighted by molar-refractivity contribution is -0.385. The van der Waals surface area contributed by atoms with E-state index in [9.17, 15) is 23.3 Å². The Kier molecular flexibility index (Phi) is 3.11. The summed E-state index contributed by atoms with van der Waals surface area (Å²) in [6.07, 6.45) is -3.96. The fourth-order valence-corrected chi connectivity index (χ4v) is 1.05. The number of rotatable bonds is 2. The normalized spacial score (nSPS) is 11.9. The zero-order chi connectivity index (χ0) is 12.3. The molecule has 0 heterocycles. The van der Waals surface area contributed by atoms with Gasteiger partial charge in [-0.2, -0.15) is 13.2 Å². The van der Waals surface area contributed by atoms with Crippen molar-refractivity contribution in [3.8, 4) is 0 Å². The Morgan fingerprint density at radius 1 is 1.44 bits per heavy atom. The van der Waals surface area contributed by atoms with Crippen molar-refractivity contribution in [2.75, 3.05) is 0 Å². The zero-order valence-corrected chi connectivity index (χ0v) is 7.60. The van der Waals surface area contributed by atoms with Gasteiger partial charge in [0.2, 0.25) is 0 Å². The Balaban J connectivity index is 3.34. The van der Waals surface area contributed by atoms with Crippen LogP contribution in [0.3, 0.4) is 0 Å². The van der Waals surface area contributed by atoms with Gasteiger partial charge in [-0.1, -0.05) is 5.16 Å². The highest BCUT2D eigenvalue weighted by Gasteiger charge is 2.32. The maximum atomic E-state index is 12.2. The molecular formula is C8H5F3N2O3. The van der Waals surface area contributed by atoms with Crippen LogP contribution >= 0.6 is 0 Å². The molecule has 5 nitrogen and oxygen atoms in total. The van der Waals surface area contributed by atoms with E-state index in [1.807, 2.05) is 0 Å². The predicted molar refractivity (Wildman–Crippen MR) is 47.5 cm³/mol. The average molecular weight is 234 g/mol. The highest BCUT2D eigenvalue weighted by molar-refractivity contribution is 5.85. The van der Waals surface area contributed by atoms with Crippen LogP contribution < -0.4 is 0 Å². The van der Waals surface area contributed by atoms with Gasteiger partial charge in [-0.3, -0.25) is 10.1 Å².